The van der Waals surface area contributed by atoms with E-state index in [0.717, 1.165) is 28.6 Å². The molecule has 3 amide bonds. The normalized spacial score (nSPS) is 10.6. The Bertz CT molecular complexity index is 1190. The molecule has 0 spiro atoms. The van der Waals surface area contributed by atoms with Crippen LogP contribution in [0.25, 0.3) is 0 Å². The predicted octanol–water partition coefficient (Wildman–Crippen LogP) is 4.97. The van der Waals surface area contributed by atoms with Gasteiger partial charge < -0.3 is 15.4 Å². The minimum absolute atomic E-state index is 0.199. The molecule has 35 heavy (non-hydrogen) atoms. The number of para-hydroxylation sites is 1. The largest absolute Gasteiger partial charge is 0.494 e. The third-order valence-electron chi connectivity index (χ3n) is 4.75. The molecule has 3 aromatic carbocycles. The Morgan fingerprint density at radius 3 is 2.34 bits per heavy atom. The number of halogens is 1. The molecule has 0 unspecified atom stereocenters. The van der Waals surface area contributed by atoms with Crippen molar-refractivity contribution >= 4 is 51.2 Å². The molecule has 3 rings (SSSR count). The fraction of sp³-hybridized carbons (Fsp3) is 0.154. The van der Waals surface area contributed by atoms with Crippen LogP contribution < -0.4 is 20.8 Å². The number of benzene rings is 3. The average molecular weight is 537 g/mol. The standard InChI is InChI=1S/C26H25BrN4O4/c1-2-3-16-35-21-14-8-18(9-15-21)17-28-31-26(34)25(33)30-23-7-5-4-6-22(23)24(32)29-20-12-10-19(27)11-13-20/h4-15,17H,2-3,16H2,1H3,(H,29,32)(H,30,33)(H,31,34)/b28-17+. The molecule has 0 aromatic heterocycles. The molecule has 0 aliphatic heterocycles. The number of anilines is 2. The zero-order valence-electron chi connectivity index (χ0n) is 19.1. The van der Waals surface area contributed by atoms with Crippen molar-refractivity contribution in [3.05, 3.63) is 88.4 Å². The quantitative estimate of drug-likeness (QED) is 0.155. The SMILES string of the molecule is CCCCOc1ccc(/C=N/NC(=O)C(=O)Nc2ccccc2C(=O)Nc2ccc(Br)cc2)cc1. The number of ether oxygens (including phenoxy) is 1. The molecule has 3 aromatic rings. The lowest BCUT2D eigenvalue weighted by atomic mass is 10.1. The molecule has 3 N–H and O–H groups in total. The zero-order chi connectivity index (χ0) is 25.0. The number of unbranched alkanes of at least 4 members (excludes halogenated alkanes) is 1. The van der Waals surface area contributed by atoms with Gasteiger partial charge in [-0.25, -0.2) is 5.43 Å². The first-order chi connectivity index (χ1) is 17.0. The van der Waals surface area contributed by atoms with Crippen LogP contribution in [0.3, 0.4) is 0 Å². The van der Waals surface area contributed by atoms with Crippen LogP contribution >= 0.6 is 15.9 Å². The monoisotopic (exact) mass is 536 g/mol. The molecule has 0 saturated carbocycles. The van der Waals surface area contributed by atoms with Crippen LogP contribution in [0.5, 0.6) is 5.75 Å². The molecule has 9 heteroatoms. The summed E-state index contributed by atoms with van der Waals surface area (Å²) in [4.78, 5) is 37.2. The number of nitrogens with one attached hydrogen (secondary N) is 3. The molecule has 0 fully saturated rings. The fourth-order valence-electron chi connectivity index (χ4n) is 2.90. The van der Waals surface area contributed by atoms with Crippen molar-refractivity contribution in [3.8, 4) is 5.75 Å². The summed E-state index contributed by atoms with van der Waals surface area (Å²) in [5.74, 6) is -1.60. The van der Waals surface area contributed by atoms with E-state index >= 15 is 0 Å². The summed E-state index contributed by atoms with van der Waals surface area (Å²) >= 11 is 3.34. The van der Waals surface area contributed by atoms with Gasteiger partial charge in [-0.05, 0) is 72.6 Å². The summed E-state index contributed by atoms with van der Waals surface area (Å²) < 4.78 is 6.48. The highest BCUT2D eigenvalue weighted by molar-refractivity contribution is 9.10. The highest BCUT2D eigenvalue weighted by Crippen LogP contribution is 2.19. The van der Waals surface area contributed by atoms with E-state index in [0.29, 0.717) is 12.3 Å². The Balaban J connectivity index is 1.55. The molecule has 0 aliphatic carbocycles. The second-order valence-electron chi connectivity index (χ2n) is 7.43. The molecule has 180 valence electrons. The number of amides is 3. The third kappa shape index (κ3) is 8.08. The van der Waals surface area contributed by atoms with Crippen LogP contribution in [0.2, 0.25) is 0 Å². The van der Waals surface area contributed by atoms with Gasteiger partial charge in [-0.3, -0.25) is 14.4 Å². The lowest BCUT2D eigenvalue weighted by Crippen LogP contribution is -2.33. The molecule has 0 aliphatic rings. The molecule has 0 atom stereocenters. The van der Waals surface area contributed by atoms with E-state index in [9.17, 15) is 14.4 Å². The van der Waals surface area contributed by atoms with Gasteiger partial charge in [0.1, 0.15) is 5.75 Å². The van der Waals surface area contributed by atoms with E-state index in [2.05, 4.69) is 44.0 Å². The van der Waals surface area contributed by atoms with Crippen LogP contribution in [0, 0.1) is 0 Å². The highest BCUT2D eigenvalue weighted by atomic mass is 79.9. The Kier molecular flexibility index (Phi) is 9.56. The number of nitrogens with zero attached hydrogens (tertiary/aromatic N) is 1. The number of carbonyl (C=O) groups is 3. The van der Waals surface area contributed by atoms with Gasteiger partial charge in [-0.1, -0.05) is 41.4 Å². The van der Waals surface area contributed by atoms with E-state index in [1.54, 1.807) is 54.6 Å². The summed E-state index contributed by atoms with van der Waals surface area (Å²) in [6, 6.07) is 20.7. The summed E-state index contributed by atoms with van der Waals surface area (Å²) in [7, 11) is 0. The fourth-order valence-corrected chi connectivity index (χ4v) is 3.17. The maximum absolute atomic E-state index is 12.7. The third-order valence-corrected chi connectivity index (χ3v) is 5.28. The van der Waals surface area contributed by atoms with E-state index < -0.39 is 17.7 Å². The molecule has 0 bridgehead atoms. The minimum Gasteiger partial charge on any atom is -0.494 e. The van der Waals surface area contributed by atoms with Gasteiger partial charge in [0.15, 0.2) is 0 Å². The number of carbonyl (C=O) groups excluding carboxylic acids is 3. The maximum atomic E-state index is 12.7. The highest BCUT2D eigenvalue weighted by Gasteiger charge is 2.17. The van der Waals surface area contributed by atoms with E-state index in [4.69, 9.17) is 4.74 Å². The lowest BCUT2D eigenvalue weighted by molar-refractivity contribution is -0.136. The van der Waals surface area contributed by atoms with Gasteiger partial charge in [0.2, 0.25) is 0 Å². The minimum atomic E-state index is -0.969. The number of hydrogen-bond donors (Lipinski definition) is 3. The molecule has 0 heterocycles. The Labute approximate surface area is 211 Å². The molecular weight excluding hydrogens is 512 g/mol. The number of hydrazone groups is 1. The van der Waals surface area contributed by atoms with Gasteiger partial charge in [0, 0.05) is 10.2 Å². The first kappa shape index (κ1) is 25.6. The van der Waals surface area contributed by atoms with Crippen molar-refractivity contribution in [2.45, 2.75) is 19.8 Å². The Morgan fingerprint density at radius 1 is 0.914 bits per heavy atom. The van der Waals surface area contributed by atoms with Gasteiger partial charge >= 0.3 is 11.8 Å². The molecule has 0 radical (unpaired) electrons. The van der Waals surface area contributed by atoms with Gasteiger partial charge in [0.25, 0.3) is 5.91 Å². The van der Waals surface area contributed by atoms with E-state index in [1.165, 1.54) is 12.3 Å². The first-order valence-electron chi connectivity index (χ1n) is 11.0. The second kappa shape index (κ2) is 13.0. The van der Waals surface area contributed by atoms with Crippen molar-refractivity contribution in [1.29, 1.82) is 0 Å². The summed E-state index contributed by atoms with van der Waals surface area (Å²) in [5.41, 5.74) is 3.91. The van der Waals surface area contributed by atoms with E-state index in [1.807, 2.05) is 12.1 Å². The van der Waals surface area contributed by atoms with Gasteiger partial charge in [-0.15, -0.1) is 0 Å². The molecular formula is C26H25BrN4O4. The van der Waals surface area contributed by atoms with Crippen LogP contribution in [-0.2, 0) is 9.59 Å². The van der Waals surface area contributed by atoms with Crippen molar-refractivity contribution in [2.24, 2.45) is 5.10 Å². The molecule has 8 nitrogen and oxygen atoms in total. The van der Waals surface area contributed by atoms with Gasteiger partial charge in [-0.2, -0.15) is 5.10 Å². The van der Waals surface area contributed by atoms with Crippen molar-refractivity contribution in [1.82, 2.24) is 5.43 Å². The maximum Gasteiger partial charge on any atom is 0.329 e. The number of hydrogen-bond acceptors (Lipinski definition) is 5. The van der Waals surface area contributed by atoms with Crippen molar-refractivity contribution < 1.29 is 19.1 Å². The van der Waals surface area contributed by atoms with Crippen LogP contribution in [0.15, 0.2) is 82.4 Å². The predicted molar refractivity (Wildman–Crippen MR) is 140 cm³/mol. The topological polar surface area (TPSA) is 109 Å². The van der Waals surface area contributed by atoms with Crippen LogP contribution in [-0.4, -0.2) is 30.5 Å². The smallest absolute Gasteiger partial charge is 0.329 e. The lowest BCUT2D eigenvalue weighted by Gasteiger charge is -2.11. The number of rotatable bonds is 9. The Morgan fingerprint density at radius 2 is 1.63 bits per heavy atom. The average Bonchev–Trinajstić information content (AvgIpc) is 2.86. The summed E-state index contributed by atoms with van der Waals surface area (Å²) in [5, 5.41) is 9.03. The zero-order valence-corrected chi connectivity index (χ0v) is 20.7. The van der Waals surface area contributed by atoms with Crippen molar-refractivity contribution in [2.75, 3.05) is 17.2 Å². The second-order valence-corrected chi connectivity index (χ2v) is 8.35. The summed E-state index contributed by atoms with van der Waals surface area (Å²) in [6.07, 6.45) is 3.46. The molecule has 0 saturated heterocycles. The van der Waals surface area contributed by atoms with Crippen LogP contribution in [0.1, 0.15) is 35.7 Å². The summed E-state index contributed by atoms with van der Waals surface area (Å²) in [6.45, 7) is 2.75. The van der Waals surface area contributed by atoms with Crippen LogP contribution in [0.4, 0.5) is 11.4 Å². The Hall–Kier alpha value is -3.98. The van der Waals surface area contributed by atoms with Gasteiger partial charge in [0.05, 0.1) is 24.1 Å². The van der Waals surface area contributed by atoms with E-state index in [-0.39, 0.29) is 11.3 Å². The van der Waals surface area contributed by atoms with Crippen molar-refractivity contribution in [3.63, 3.8) is 0 Å². The first-order valence-corrected chi connectivity index (χ1v) is 11.8.